The summed E-state index contributed by atoms with van der Waals surface area (Å²) in [6, 6.07) is 27.1. The molecule has 2 amide bonds. The second kappa shape index (κ2) is 9.93. The lowest BCUT2D eigenvalue weighted by atomic mass is 9.93. The molecule has 1 aliphatic rings. The van der Waals surface area contributed by atoms with Crippen LogP contribution in [-0.4, -0.2) is 39.1 Å². The van der Waals surface area contributed by atoms with Crippen molar-refractivity contribution < 1.29 is 14.3 Å². The Balaban J connectivity index is 1.50. The van der Waals surface area contributed by atoms with Gasteiger partial charge in [0.05, 0.1) is 19.3 Å². The molecular formula is C30H30N4O3. The summed E-state index contributed by atoms with van der Waals surface area (Å²) in [5.41, 5.74) is 3.87. The molecule has 0 unspecified atom stereocenters. The summed E-state index contributed by atoms with van der Waals surface area (Å²) in [4.78, 5) is 29.4. The van der Waals surface area contributed by atoms with Crippen molar-refractivity contribution in [3.8, 4) is 17.0 Å². The first-order chi connectivity index (χ1) is 17.9. The Morgan fingerprint density at radius 3 is 2.41 bits per heavy atom. The van der Waals surface area contributed by atoms with Gasteiger partial charge in [-0.05, 0) is 37.1 Å². The lowest BCUT2D eigenvalue weighted by Crippen LogP contribution is -2.63. The van der Waals surface area contributed by atoms with Crippen molar-refractivity contribution >= 4 is 11.8 Å². The third-order valence-corrected chi connectivity index (χ3v) is 7.08. The monoisotopic (exact) mass is 494 g/mol. The molecule has 0 spiro atoms. The summed E-state index contributed by atoms with van der Waals surface area (Å²) < 4.78 is 7.11. The van der Waals surface area contributed by atoms with Crippen LogP contribution in [0.5, 0.6) is 5.75 Å². The zero-order chi connectivity index (χ0) is 26.0. The summed E-state index contributed by atoms with van der Waals surface area (Å²) in [6.45, 7) is 4.67. The Kier molecular flexibility index (Phi) is 6.53. The standard InChI is InChI=1S/C30H30N4O3/c1-21-11-7-8-15-24(21)19-33-28(35)26-17-25(22-12-5-4-6-13-22)32-34(26)20-30(33,2)29(36)31-18-23-14-9-10-16-27(23)37-3/h4-17H,18-20H2,1-3H3,(H,31,36)/t30-/m1/s1. The van der Waals surface area contributed by atoms with Crippen LogP contribution in [0.1, 0.15) is 34.1 Å². The van der Waals surface area contributed by atoms with E-state index in [1.54, 1.807) is 16.7 Å². The van der Waals surface area contributed by atoms with E-state index in [0.717, 1.165) is 22.3 Å². The first-order valence-corrected chi connectivity index (χ1v) is 12.3. The van der Waals surface area contributed by atoms with Crippen LogP contribution in [0.3, 0.4) is 0 Å². The average molecular weight is 495 g/mol. The number of hydrogen-bond acceptors (Lipinski definition) is 4. The van der Waals surface area contributed by atoms with Gasteiger partial charge in [-0.3, -0.25) is 14.3 Å². The number of amides is 2. The van der Waals surface area contributed by atoms with Crippen molar-refractivity contribution in [2.24, 2.45) is 0 Å². The summed E-state index contributed by atoms with van der Waals surface area (Å²) in [6.07, 6.45) is 0. The van der Waals surface area contributed by atoms with Crippen LogP contribution in [0.25, 0.3) is 11.3 Å². The fourth-order valence-corrected chi connectivity index (χ4v) is 4.81. The Hall–Kier alpha value is -4.39. The molecular weight excluding hydrogens is 464 g/mol. The number of ether oxygens (including phenoxy) is 1. The summed E-state index contributed by atoms with van der Waals surface area (Å²) >= 11 is 0. The zero-order valence-corrected chi connectivity index (χ0v) is 21.3. The maximum atomic E-state index is 13.9. The lowest BCUT2D eigenvalue weighted by Gasteiger charge is -2.43. The first kappa shape index (κ1) is 24.3. The van der Waals surface area contributed by atoms with Crippen LogP contribution in [0, 0.1) is 6.92 Å². The lowest BCUT2D eigenvalue weighted by molar-refractivity contribution is -0.133. The number of hydrogen-bond donors (Lipinski definition) is 1. The van der Waals surface area contributed by atoms with Gasteiger partial charge >= 0.3 is 0 Å². The van der Waals surface area contributed by atoms with Crippen LogP contribution in [-0.2, 0) is 24.4 Å². The van der Waals surface area contributed by atoms with Gasteiger partial charge in [0.15, 0.2) is 0 Å². The molecule has 1 N–H and O–H groups in total. The Labute approximate surface area is 216 Å². The molecule has 5 rings (SSSR count). The van der Waals surface area contributed by atoms with Crippen molar-refractivity contribution in [2.45, 2.75) is 39.0 Å². The molecule has 1 atom stereocenters. The maximum absolute atomic E-state index is 13.9. The van der Waals surface area contributed by atoms with Gasteiger partial charge in [0.1, 0.15) is 17.0 Å². The van der Waals surface area contributed by atoms with E-state index in [1.165, 1.54) is 0 Å². The summed E-state index contributed by atoms with van der Waals surface area (Å²) in [7, 11) is 1.61. The van der Waals surface area contributed by atoms with Gasteiger partial charge in [-0.25, -0.2) is 0 Å². The van der Waals surface area contributed by atoms with Crippen molar-refractivity contribution in [2.75, 3.05) is 7.11 Å². The largest absolute Gasteiger partial charge is 0.496 e. The number of aryl methyl sites for hydroxylation is 1. The van der Waals surface area contributed by atoms with E-state index in [9.17, 15) is 9.59 Å². The molecule has 37 heavy (non-hydrogen) atoms. The smallest absolute Gasteiger partial charge is 0.273 e. The van der Waals surface area contributed by atoms with Gasteiger partial charge in [-0.15, -0.1) is 0 Å². The third kappa shape index (κ3) is 4.60. The number of benzene rings is 3. The molecule has 0 radical (unpaired) electrons. The van der Waals surface area contributed by atoms with E-state index in [2.05, 4.69) is 5.32 Å². The number of carbonyl (C=O) groups excluding carboxylic acids is 2. The minimum Gasteiger partial charge on any atom is -0.496 e. The third-order valence-electron chi connectivity index (χ3n) is 7.08. The average Bonchev–Trinajstić information content (AvgIpc) is 3.35. The minimum absolute atomic E-state index is 0.223. The number of para-hydroxylation sites is 1. The quantitative estimate of drug-likeness (QED) is 0.408. The Bertz CT molecular complexity index is 1450. The van der Waals surface area contributed by atoms with Crippen LogP contribution in [0.15, 0.2) is 84.9 Å². The number of nitrogens with zero attached hydrogens (tertiary/aromatic N) is 3. The summed E-state index contributed by atoms with van der Waals surface area (Å²) in [5.74, 6) is 0.230. The topological polar surface area (TPSA) is 76.5 Å². The molecule has 7 heteroatoms. The molecule has 0 aliphatic carbocycles. The molecule has 2 heterocycles. The van der Waals surface area contributed by atoms with Gasteiger partial charge < -0.3 is 15.0 Å². The highest BCUT2D eigenvalue weighted by Gasteiger charge is 2.48. The molecule has 1 aliphatic heterocycles. The zero-order valence-electron chi connectivity index (χ0n) is 21.3. The van der Waals surface area contributed by atoms with Gasteiger partial charge in [0, 0.05) is 24.2 Å². The van der Waals surface area contributed by atoms with Crippen LogP contribution in [0.2, 0.25) is 0 Å². The highest BCUT2D eigenvalue weighted by Crippen LogP contribution is 2.32. The fraction of sp³-hybridized carbons (Fsp3) is 0.233. The number of aromatic nitrogens is 2. The van der Waals surface area contributed by atoms with Gasteiger partial charge in [0.2, 0.25) is 5.91 Å². The number of methoxy groups -OCH3 is 1. The van der Waals surface area contributed by atoms with Crippen molar-refractivity contribution in [3.05, 3.63) is 107 Å². The van der Waals surface area contributed by atoms with Crippen LogP contribution < -0.4 is 10.1 Å². The molecule has 0 fully saturated rings. The number of rotatable bonds is 7. The first-order valence-electron chi connectivity index (χ1n) is 12.3. The van der Waals surface area contributed by atoms with Crippen molar-refractivity contribution in [1.29, 1.82) is 0 Å². The van der Waals surface area contributed by atoms with Gasteiger partial charge in [-0.2, -0.15) is 5.10 Å². The Morgan fingerprint density at radius 2 is 1.68 bits per heavy atom. The highest BCUT2D eigenvalue weighted by atomic mass is 16.5. The van der Waals surface area contributed by atoms with Crippen LogP contribution >= 0.6 is 0 Å². The van der Waals surface area contributed by atoms with Crippen molar-refractivity contribution in [3.63, 3.8) is 0 Å². The SMILES string of the molecule is COc1ccccc1CNC(=O)[C@@]1(C)Cn2nc(-c3ccccc3)cc2C(=O)N1Cc1ccccc1C. The van der Waals surface area contributed by atoms with E-state index < -0.39 is 5.54 Å². The molecule has 0 saturated heterocycles. The number of carbonyl (C=O) groups is 2. The molecule has 0 bridgehead atoms. The molecule has 188 valence electrons. The van der Waals surface area contributed by atoms with E-state index in [1.807, 2.05) is 98.8 Å². The molecule has 3 aromatic carbocycles. The summed E-state index contributed by atoms with van der Waals surface area (Å²) in [5, 5.41) is 7.77. The van der Waals surface area contributed by atoms with E-state index in [0.29, 0.717) is 23.7 Å². The highest BCUT2D eigenvalue weighted by molar-refractivity contribution is 6.00. The maximum Gasteiger partial charge on any atom is 0.273 e. The second-order valence-electron chi connectivity index (χ2n) is 9.52. The number of nitrogens with one attached hydrogen (secondary N) is 1. The fourth-order valence-electron chi connectivity index (χ4n) is 4.81. The Morgan fingerprint density at radius 1 is 1.00 bits per heavy atom. The molecule has 4 aromatic rings. The molecule has 7 nitrogen and oxygen atoms in total. The van der Waals surface area contributed by atoms with Gasteiger partial charge in [0.25, 0.3) is 5.91 Å². The normalized spacial score (nSPS) is 16.8. The van der Waals surface area contributed by atoms with E-state index in [-0.39, 0.29) is 24.9 Å². The second-order valence-corrected chi connectivity index (χ2v) is 9.52. The van der Waals surface area contributed by atoms with Crippen molar-refractivity contribution in [1.82, 2.24) is 20.0 Å². The van der Waals surface area contributed by atoms with E-state index >= 15 is 0 Å². The van der Waals surface area contributed by atoms with Crippen LogP contribution in [0.4, 0.5) is 0 Å². The molecule has 1 aromatic heterocycles. The predicted octanol–water partition coefficient (Wildman–Crippen LogP) is 4.60. The van der Waals surface area contributed by atoms with Gasteiger partial charge in [-0.1, -0.05) is 72.8 Å². The minimum atomic E-state index is -1.16. The van der Waals surface area contributed by atoms with E-state index in [4.69, 9.17) is 9.84 Å². The predicted molar refractivity (Wildman–Crippen MR) is 142 cm³/mol. The molecule has 0 saturated carbocycles. The number of fused-ring (bicyclic) bond motifs is 1.